The number of nitrogens with zero attached hydrogens (tertiary/aromatic N) is 4. The molecule has 11 heteroatoms. The topological polar surface area (TPSA) is 116 Å². The number of amides is 2. The zero-order valence-corrected chi connectivity index (χ0v) is 26.0. The smallest absolute Gasteiger partial charge is 0.267 e. The number of halogens is 3. The Balaban J connectivity index is 0.000000154. The van der Waals surface area contributed by atoms with Crippen molar-refractivity contribution in [3.63, 3.8) is 0 Å². The molecule has 0 atom stereocenters. The van der Waals surface area contributed by atoms with Crippen LogP contribution in [0.1, 0.15) is 44.9 Å². The van der Waals surface area contributed by atoms with Crippen LogP contribution in [0.25, 0.3) is 44.1 Å². The molecule has 0 bridgehead atoms. The van der Waals surface area contributed by atoms with Crippen molar-refractivity contribution in [2.24, 2.45) is 0 Å². The van der Waals surface area contributed by atoms with E-state index in [4.69, 9.17) is 0 Å². The first-order valence-corrected chi connectivity index (χ1v) is 15.7. The van der Waals surface area contributed by atoms with Crippen LogP contribution >= 0.6 is 0 Å². The van der Waals surface area contributed by atoms with Crippen LogP contribution in [-0.4, -0.2) is 34.0 Å². The minimum Gasteiger partial charge on any atom is -0.351 e. The van der Waals surface area contributed by atoms with Gasteiger partial charge in [0, 0.05) is 54.1 Å². The highest BCUT2D eigenvalue weighted by molar-refractivity contribution is 6.05. The van der Waals surface area contributed by atoms with E-state index >= 15 is 0 Å². The van der Waals surface area contributed by atoms with Crippen molar-refractivity contribution in [3.8, 4) is 34.4 Å². The number of carbonyl (C=O) groups excluding carboxylic acids is 2. The van der Waals surface area contributed by atoms with Crippen LogP contribution in [0, 0.1) is 40.1 Å². The molecule has 4 heterocycles. The number of benzene rings is 4. The summed E-state index contributed by atoms with van der Waals surface area (Å²) in [5, 5.41) is 25.8. The molecule has 6 aromatic rings. The molecule has 242 valence electrons. The van der Waals surface area contributed by atoms with Gasteiger partial charge in [0.1, 0.15) is 28.8 Å². The second-order valence-electron chi connectivity index (χ2n) is 11.9. The maximum Gasteiger partial charge on any atom is 0.267 e. The van der Waals surface area contributed by atoms with Gasteiger partial charge >= 0.3 is 0 Å². The fourth-order valence-corrected chi connectivity index (χ4v) is 6.66. The summed E-state index contributed by atoms with van der Waals surface area (Å²) in [5.74, 6) is -2.02. The van der Waals surface area contributed by atoms with Gasteiger partial charge in [-0.1, -0.05) is 12.1 Å². The minimum atomic E-state index is -0.689. The van der Waals surface area contributed by atoms with Crippen LogP contribution in [0.4, 0.5) is 13.2 Å². The Bertz CT molecular complexity index is 2390. The number of aryl methyl sites for hydroxylation is 2. The molecule has 2 aliphatic heterocycles. The van der Waals surface area contributed by atoms with E-state index < -0.39 is 11.6 Å². The lowest BCUT2D eigenvalue weighted by Crippen LogP contribution is -2.22. The van der Waals surface area contributed by atoms with E-state index in [0.29, 0.717) is 76.3 Å². The fourth-order valence-electron chi connectivity index (χ4n) is 6.66. The second kappa shape index (κ2) is 12.7. The molecule has 8 rings (SSSR count). The van der Waals surface area contributed by atoms with Crippen molar-refractivity contribution in [3.05, 3.63) is 119 Å². The molecule has 2 amide bonds. The van der Waals surface area contributed by atoms with Crippen molar-refractivity contribution < 1.29 is 22.8 Å². The molecule has 49 heavy (non-hydrogen) atoms. The number of hydrogen-bond donors (Lipinski definition) is 2. The van der Waals surface area contributed by atoms with Gasteiger partial charge in [0.2, 0.25) is 0 Å². The summed E-state index contributed by atoms with van der Waals surface area (Å²) in [6.45, 7) is 2.51. The van der Waals surface area contributed by atoms with Gasteiger partial charge in [0.15, 0.2) is 0 Å². The average Bonchev–Trinajstić information content (AvgIpc) is 3.53. The molecule has 0 fully saturated rings. The van der Waals surface area contributed by atoms with Gasteiger partial charge in [0.05, 0.1) is 34.3 Å². The van der Waals surface area contributed by atoms with E-state index in [9.17, 15) is 33.3 Å². The SMILES string of the molecule is N#Cc1cc(-c2cc(F)cc(F)c2)c2c(c1)cc1n2CCCNC1=O.N#Cc1cc(-c2cccc(F)c2)c2c(c1)cc1n2CCCNC1=O. The lowest BCUT2D eigenvalue weighted by Gasteiger charge is -2.11. The molecule has 0 unspecified atom stereocenters. The Morgan fingerprint density at radius 3 is 1.57 bits per heavy atom. The Hall–Kier alpha value is -6.33. The van der Waals surface area contributed by atoms with E-state index in [1.165, 1.54) is 24.3 Å². The first-order valence-electron chi connectivity index (χ1n) is 15.7. The predicted octanol–water partition coefficient (Wildman–Crippen LogP) is 7.04. The maximum absolute atomic E-state index is 13.7. The Labute approximate surface area is 278 Å². The summed E-state index contributed by atoms with van der Waals surface area (Å²) in [4.78, 5) is 24.5. The van der Waals surface area contributed by atoms with Crippen LogP contribution < -0.4 is 10.6 Å². The van der Waals surface area contributed by atoms with Gasteiger partial charge in [-0.05, 0) is 84.6 Å². The van der Waals surface area contributed by atoms with E-state index in [1.807, 2.05) is 15.2 Å². The van der Waals surface area contributed by atoms with Gasteiger partial charge in [-0.15, -0.1) is 0 Å². The first kappa shape index (κ1) is 31.3. The van der Waals surface area contributed by atoms with E-state index in [-0.39, 0.29) is 17.6 Å². The molecular formula is C38H27F3N6O2. The molecule has 2 aromatic heterocycles. The summed E-state index contributed by atoms with van der Waals surface area (Å²) >= 11 is 0. The Kier molecular flexibility index (Phi) is 8.11. The number of carbonyl (C=O) groups is 2. The fraction of sp³-hybridized carbons (Fsp3) is 0.158. The summed E-state index contributed by atoms with van der Waals surface area (Å²) in [6, 6.07) is 24.1. The molecule has 2 N–H and O–H groups in total. The standard InChI is InChI=1S/C19H13F2N3O.C19H14FN3O/c20-14-6-12(7-15(21)9-14)16-5-11(10-22)4-13-8-17-19(25)23-2-1-3-24(17)18(13)16;20-15-4-1-3-13(9-15)16-8-12(11-21)7-14-10-17-19(24)22-5-2-6-23(17)18(14)16/h4-9H,1-3H2,(H,23,25);1,3-4,7-10H,2,5-6H2,(H,22,24). The van der Waals surface area contributed by atoms with Crippen molar-refractivity contribution in [1.29, 1.82) is 10.5 Å². The highest BCUT2D eigenvalue weighted by Gasteiger charge is 2.23. The molecule has 8 nitrogen and oxygen atoms in total. The maximum atomic E-state index is 13.7. The molecule has 0 aliphatic carbocycles. The Morgan fingerprint density at radius 2 is 1.08 bits per heavy atom. The second-order valence-corrected chi connectivity index (χ2v) is 11.9. The zero-order valence-electron chi connectivity index (χ0n) is 26.0. The number of nitrogens with one attached hydrogen (secondary N) is 2. The molecule has 2 aliphatic rings. The quantitative estimate of drug-likeness (QED) is 0.208. The predicted molar refractivity (Wildman–Crippen MR) is 178 cm³/mol. The van der Waals surface area contributed by atoms with Gasteiger partial charge in [0.25, 0.3) is 11.8 Å². The average molecular weight is 657 g/mol. The van der Waals surface area contributed by atoms with Crippen LogP contribution in [0.15, 0.2) is 78.9 Å². The van der Waals surface area contributed by atoms with Crippen LogP contribution in [-0.2, 0) is 13.1 Å². The Morgan fingerprint density at radius 1 is 0.592 bits per heavy atom. The molecular weight excluding hydrogens is 629 g/mol. The summed E-state index contributed by atoms with van der Waals surface area (Å²) in [5.41, 5.74) is 5.83. The van der Waals surface area contributed by atoms with Crippen LogP contribution in [0.3, 0.4) is 0 Å². The number of fused-ring (bicyclic) bond motifs is 6. The van der Waals surface area contributed by atoms with Crippen LogP contribution in [0.2, 0.25) is 0 Å². The van der Waals surface area contributed by atoms with Crippen LogP contribution in [0.5, 0.6) is 0 Å². The normalized spacial score (nSPS) is 13.9. The number of aromatic nitrogens is 2. The van der Waals surface area contributed by atoms with Gasteiger partial charge in [-0.2, -0.15) is 10.5 Å². The minimum absolute atomic E-state index is 0.118. The van der Waals surface area contributed by atoms with Crippen molar-refractivity contribution in [2.45, 2.75) is 25.9 Å². The van der Waals surface area contributed by atoms with Gasteiger partial charge < -0.3 is 19.8 Å². The zero-order chi connectivity index (χ0) is 34.2. The van der Waals surface area contributed by atoms with Gasteiger partial charge in [-0.3, -0.25) is 9.59 Å². The molecule has 0 saturated carbocycles. The van der Waals surface area contributed by atoms with E-state index in [2.05, 4.69) is 22.8 Å². The molecule has 0 spiro atoms. The lowest BCUT2D eigenvalue weighted by molar-refractivity contribution is 0.0943. The molecule has 0 radical (unpaired) electrons. The molecule has 0 saturated heterocycles. The third-order valence-electron chi connectivity index (χ3n) is 8.71. The third-order valence-corrected chi connectivity index (χ3v) is 8.71. The number of hydrogen-bond acceptors (Lipinski definition) is 4. The largest absolute Gasteiger partial charge is 0.351 e. The van der Waals surface area contributed by atoms with Crippen molar-refractivity contribution in [2.75, 3.05) is 13.1 Å². The summed E-state index contributed by atoms with van der Waals surface area (Å²) in [7, 11) is 0. The lowest BCUT2D eigenvalue weighted by atomic mass is 10.00. The first-order chi connectivity index (χ1) is 23.7. The summed E-state index contributed by atoms with van der Waals surface area (Å²) in [6.07, 6.45) is 1.57. The van der Waals surface area contributed by atoms with E-state index in [1.54, 1.807) is 42.5 Å². The number of rotatable bonds is 2. The molecule has 4 aromatic carbocycles. The summed E-state index contributed by atoms with van der Waals surface area (Å²) < 4.78 is 44.9. The third kappa shape index (κ3) is 5.87. The van der Waals surface area contributed by atoms with Gasteiger partial charge in [-0.25, -0.2) is 13.2 Å². The van der Waals surface area contributed by atoms with Crippen molar-refractivity contribution >= 4 is 33.6 Å². The highest BCUT2D eigenvalue weighted by atomic mass is 19.1. The number of nitriles is 2. The highest BCUT2D eigenvalue weighted by Crippen LogP contribution is 2.35. The van der Waals surface area contributed by atoms with E-state index in [0.717, 1.165) is 35.4 Å². The van der Waals surface area contributed by atoms with Crippen molar-refractivity contribution in [1.82, 2.24) is 19.8 Å². The monoisotopic (exact) mass is 656 g/mol.